The average Bonchev–Trinajstić information content (AvgIpc) is 2.92. The molecule has 0 spiro atoms. The SMILES string of the molecule is Cn1cc(S(=O)(=O)NCC(=O)N2CCCCC2C(=O)O)cn1. The smallest absolute Gasteiger partial charge is 0.326 e. The van der Waals surface area contributed by atoms with Gasteiger partial charge in [0.15, 0.2) is 0 Å². The monoisotopic (exact) mass is 330 g/mol. The maximum atomic E-state index is 12.1. The molecular formula is C12H18N4O5S. The van der Waals surface area contributed by atoms with Gasteiger partial charge >= 0.3 is 5.97 Å². The van der Waals surface area contributed by atoms with Crippen molar-refractivity contribution < 1.29 is 23.1 Å². The number of aliphatic carboxylic acids is 1. The summed E-state index contributed by atoms with van der Waals surface area (Å²) in [6.07, 6.45) is 4.32. The van der Waals surface area contributed by atoms with Crippen molar-refractivity contribution in [3.63, 3.8) is 0 Å². The van der Waals surface area contributed by atoms with Crippen molar-refractivity contribution in [2.75, 3.05) is 13.1 Å². The zero-order chi connectivity index (χ0) is 16.3. The lowest BCUT2D eigenvalue weighted by Crippen LogP contribution is -2.51. The van der Waals surface area contributed by atoms with E-state index in [0.717, 1.165) is 6.42 Å². The van der Waals surface area contributed by atoms with E-state index in [2.05, 4.69) is 9.82 Å². The van der Waals surface area contributed by atoms with Crippen molar-refractivity contribution in [1.82, 2.24) is 19.4 Å². The molecule has 1 unspecified atom stereocenters. The second-order valence-electron chi connectivity index (χ2n) is 5.11. The first-order valence-corrected chi connectivity index (χ1v) is 8.30. The van der Waals surface area contributed by atoms with Gasteiger partial charge in [-0.2, -0.15) is 5.10 Å². The Morgan fingerprint density at radius 1 is 1.45 bits per heavy atom. The van der Waals surface area contributed by atoms with Gasteiger partial charge in [0.05, 0.1) is 12.7 Å². The van der Waals surface area contributed by atoms with Crippen LogP contribution < -0.4 is 4.72 Å². The molecule has 1 fully saturated rings. The number of carboxylic acid groups (broad SMARTS) is 1. The van der Waals surface area contributed by atoms with Gasteiger partial charge in [-0.3, -0.25) is 9.48 Å². The molecule has 1 atom stereocenters. The highest BCUT2D eigenvalue weighted by molar-refractivity contribution is 7.89. The summed E-state index contributed by atoms with van der Waals surface area (Å²) in [4.78, 5) is 24.4. The highest BCUT2D eigenvalue weighted by Gasteiger charge is 2.32. The molecule has 22 heavy (non-hydrogen) atoms. The second-order valence-corrected chi connectivity index (χ2v) is 6.88. The third kappa shape index (κ3) is 3.63. The zero-order valence-electron chi connectivity index (χ0n) is 12.1. The fourth-order valence-electron chi connectivity index (χ4n) is 2.37. The Kier molecular flexibility index (Phi) is 4.81. The molecule has 1 saturated heterocycles. The number of piperidine rings is 1. The molecule has 1 aromatic heterocycles. The van der Waals surface area contributed by atoms with E-state index in [1.54, 1.807) is 7.05 Å². The summed E-state index contributed by atoms with van der Waals surface area (Å²) in [6, 6.07) is -0.885. The van der Waals surface area contributed by atoms with Gasteiger partial charge in [0, 0.05) is 19.8 Å². The standard InChI is InChI=1S/C12H18N4O5S/c1-15-8-9(6-13-15)22(20,21)14-7-11(17)16-5-3-2-4-10(16)12(18)19/h6,8,10,14H,2-5,7H2,1H3,(H,18,19). The van der Waals surface area contributed by atoms with Gasteiger partial charge < -0.3 is 10.0 Å². The van der Waals surface area contributed by atoms with Gasteiger partial charge in [-0.1, -0.05) is 0 Å². The Bertz CT molecular complexity index is 669. The van der Waals surface area contributed by atoms with Gasteiger partial charge in [-0.15, -0.1) is 0 Å². The number of hydrogen-bond donors (Lipinski definition) is 2. The van der Waals surface area contributed by atoms with Crippen LogP contribution in [0.25, 0.3) is 0 Å². The molecule has 0 saturated carbocycles. The topological polar surface area (TPSA) is 122 Å². The van der Waals surface area contributed by atoms with E-state index in [9.17, 15) is 18.0 Å². The number of carbonyl (C=O) groups excluding carboxylic acids is 1. The molecule has 1 amide bonds. The Balaban J connectivity index is 2.01. The fourth-order valence-corrected chi connectivity index (χ4v) is 3.32. The largest absolute Gasteiger partial charge is 0.480 e. The molecule has 2 rings (SSSR count). The predicted molar refractivity (Wildman–Crippen MR) is 75.4 cm³/mol. The summed E-state index contributed by atoms with van der Waals surface area (Å²) >= 11 is 0. The number of carbonyl (C=O) groups is 2. The van der Waals surface area contributed by atoms with Crippen LogP contribution in [0.5, 0.6) is 0 Å². The number of hydrogen-bond acceptors (Lipinski definition) is 5. The van der Waals surface area contributed by atoms with E-state index < -0.39 is 34.5 Å². The molecule has 0 aliphatic carbocycles. The van der Waals surface area contributed by atoms with Gasteiger partial charge in [0.25, 0.3) is 0 Å². The Labute approximate surface area is 128 Å². The molecule has 1 aromatic rings. The quantitative estimate of drug-likeness (QED) is 0.726. The van der Waals surface area contributed by atoms with Crippen molar-refractivity contribution in [3.8, 4) is 0 Å². The Morgan fingerprint density at radius 2 is 2.18 bits per heavy atom. The van der Waals surface area contributed by atoms with Crippen LogP contribution in [-0.2, 0) is 26.7 Å². The van der Waals surface area contributed by atoms with E-state index in [1.807, 2.05) is 0 Å². The molecule has 2 heterocycles. The van der Waals surface area contributed by atoms with Crippen LogP contribution in [-0.4, -0.2) is 59.2 Å². The maximum absolute atomic E-state index is 12.1. The Morgan fingerprint density at radius 3 is 2.77 bits per heavy atom. The predicted octanol–water partition coefficient (Wildman–Crippen LogP) is -0.836. The number of nitrogens with zero attached hydrogens (tertiary/aromatic N) is 3. The summed E-state index contributed by atoms with van der Waals surface area (Å²) < 4.78 is 27.5. The summed E-state index contributed by atoms with van der Waals surface area (Å²) in [5.41, 5.74) is 0. The van der Waals surface area contributed by atoms with Crippen molar-refractivity contribution in [1.29, 1.82) is 0 Å². The number of nitrogens with one attached hydrogen (secondary N) is 1. The van der Waals surface area contributed by atoms with Crippen molar-refractivity contribution in [2.24, 2.45) is 7.05 Å². The summed E-state index contributed by atoms with van der Waals surface area (Å²) in [6.45, 7) is -0.147. The zero-order valence-corrected chi connectivity index (χ0v) is 12.9. The minimum Gasteiger partial charge on any atom is -0.480 e. The number of carboxylic acids is 1. The van der Waals surface area contributed by atoms with Gasteiger partial charge in [0.1, 0.15) is 10.9 Å². The highest BCUT2D eigenvalue weighted by atomic mass is 32.2. The van der Waals surface area contributed by atoms with Crippen molar-refractivity contribution >= 4 is 21.9 Å². The summed E-state index contributed by atoms with van der Waals surface area (Å²) in [5, 5.41) is 12.9. The number of likely N-dealkylation sites (tertiary alicyclic amines) is 1. The number of rotatable bonds is 5. The van der Waals surface area contributed by atoms with Crippen LogP contribution in [0.4, 0.5) is 0 Å². The highest BCUT2D eigenvalue weighted by Crippen LogP contribution is 2.17. The minimum absolute atomic E-state index is 0.0452. The van der Waals surface area contributed by atoms with E-state index in [4.69, 9.17) is 5.11 Å². The van der Waals surface area contributed by atoms with Crippen LogP contribution in [0, 0.1) is 0 Å². The number of aryl methyl sites for hydroxylation is 1. The second kappa shape index (κ2) is 6.44. The van der Waals surface area contributed by atoms with Crippen LogP contribution >= 0.6 is 0 Å². The van der Waals surface area contributed by atoms with Gasteiger partial charge in [0.2, 0.25) is 15.9 Å². The van der Waals surface area contributed by atoms with Crippen molar-refractivity contribution in [2.45, 2.75) is 30.2 Å². The first-order valence-electron chi connectivity index (χ1n) is 6.82. The van der Waals surface area contributed by atoms with Crippen LogP contribution in [0.2, 0.25) is 0 Å². The van der Waals surface area contributed by atoms with Crippen molar-refractivity contribution in [3.05, 3.63) is 12.4 Å². The summed E-state index contributed by atoms with van der Waals surface area (Å²) in [7, 11) is -2.26. The van der Waals surface area contributed by atoms with E-state index in [1.165, 1.54) is 22.0 Å². The lowest BCUT2D eigenvalue weighted by Gasteiger charge is -2.32. The molecule has 1 aliphatic rings. The molecule has 2 N–H and O–H groups in total. The third-order valence-electron chi connectivity index (χ3n) is 3.51. The van der Waals surface area contributed by atoms with Gasteiger partial charge in [-0.05, 0) is 19.3 Å². The molecule has 0 aromatic carbocycles. The molecular weight excluding hydrogens is 312 g/mol. The van der Waals surface area contributed by atoms with E-state index >= 15 is 0 Å². The van der Waals surface area contributed by atoms with E-state index in [-0.39, 0.29) is 4.90 Å². The lowest BCUT2D eigenvalue weighted by molar-refractivity contribution is -0.151. The molecule has 0 radical (unpaired) electrons. The first kappa shape index (κ1) is 16.4. The molecule has 10 heteroatoms. The van der Waals surface area contributed by atoms with E-state index in [0.29, 0.717) is 19.4 Å². The minimum atomic E-state index is -3.84. The number of aromatic nitrogens is 2. The lowest BCUT2D eigenvalue weighted by atomic mass is 10.0. The van der Waals surface area contributed by atoms with Gasteiger partial charge in [-0.25, -0.2) is 17.9 Å². The fraction of sp³-hybridized carbons (Fsp3) is 0.583. The number of sulfonamides is 1. The van der Waals surface area contributed by atoms with Crippen LogP contribution in [0.1, 0.15) is 19.3 Å². The average molecular weight is 330 g/mol. The molecule has 1 aliphatic heterocycles. The molecule has 9 nitrogen and oxygen atoms in total. The maximum Gasteiger partial charge on any atom is 0.326 e. The number of amides is 1. The van der Waals surface area contributed by atoms with Crippen LogP contribution in [0.15, 0.2) is 17.3 Å². The van der Waals surface area contributed by atoms with Crippen LogP contribution in [0.3, 0.4) is 0 Å². The third-order valence-corrected chi connectivity index (χ3v) is 4.87. The normalized spacial score (nSPS) is 19.1. The summed E-state index contributed by atoms with van der Waals surface area (Å²) in [5.74, 6) is -1.61. The molecule has 122 valence electrons. The first-order chi connectivity index (χ1) is 10.3. The Hall–Kier alpha value is -1.94. The molecule has 0 bridgehead atoms.